The standard InChI is InChI=1S/C21H28N4OS/c1-4-13-25-20(17-10-6-5-7-11-17)23-24-21(25)27-14-19(26)22-18-12-8-9-15(2)16(18)3/h4-7,10-11,15-16,18H,1,8-9,12-14H2,2-3H3,(H,22,26)/t15-,16+,18+/m0/s1. The van der Waals surface area contributed by atoms with Crippen LogP contribution in [-0.4, -0.2) is 32.5 Å². The van der Waals surface area contributed by atoms with E-state index in [9.17, 15) is 4.79 Å². The number of thioether (sulfide) groups is 1. The topological polar surface area (TPSA) is 59.8 Å². The van der Waals surface area contributed by atoms with Crippen LogP contribution in [0.1, 0.15) is 33.1 Å². The Morgan fingerprint density at radius 1 is 1.30 bits per heavy atom. The van der Waals surface area contributed by atoms with Crippen molar-refractivity contribution in [1.29, 1.82) is 0 Å². The van der Waals surface area contributed by atoms with E-state index in [0.29, 0.717) is 24.1 Å². The van der Waals surface area contributed by atoms with Crippen molar-refractivity contribution in [2.75, 3.05) is 5.75 Å². The highest BCUT2D eigenvalue weighted by molar-refractivity contribution is 7.99. The molecule has 1 fully saturated rings. The molecule has 1 aromatic heterocycles. The number of hydrogen-bond donors (Lipinski definition) is 1. The van der Waals surface area contributed by atoms with Crippen LogP contribution in [0.5, 0.6) is 0 Å². The van der Waals surface area contributed by atoms with E-state index in [1.54, 1.807) is 0 Å². The van der Waals surface area contributed by atoms with Crippen molar-refractivity contribution < 1.29 is 4.79 Å². The highest BCUT2D eigenvalue weighted by atomic mass is 32.2. The summed E-state index contributed by atoms with van der Waals surface area (Å²) in [7, 11) is 0. The Balaban J connectivity index is 1.64. The molecular formula is C21H28N4OS. The van der Waals surface area contributed by atoms with Crippen molar-refractivity contribution in [2.45, 2.75) is 50.9 Å². The molecule has 0 saturated heterocycles. The van der Waals surface area contributed by atoms with Gasteiger partial charge in [0, 0.05) is 18.2 Å². The van der Waals surface area contributed by atoms with E-state index < -0.39 is 0 Å². The smallest absolute Gasteiger partial charge is 0.230 e. The van der Waals surface area contributed by atoms with Crippen molar-refractivity contribution in [3.05, 3.63) is 43.0 Å². The van der Waals surface area contributed by atoms with Gasteiger partial charge in [-0.05, 0) is 18.3 Å². The molecule has 0 radical (unpaired) electrons. The fourth-order valence-electron chi connectivity index (χ4n) is 3.65. The van der Waals surface area contributed by atoms with Crippen LogP contribution in [0.4, 0.5) is 0 Å². The number of carbonyl (C=O) groups excluding carboxylic acids is 1. The predicted octanol–water partition coefficient (Wildman–Crippen LogP) is 4.16. The second kappa shape index (κ2) is 9.22. The first-order chi connectivity index (χ1) is 13.1. The van der Waals surface area contributed by atoms with Gasteiger partial charge in [0.2, 0.25) is 5.91 Å². The van der Waals surface area contributed by atoms with E-state index in [4.69, 9.17) is 0 Å². The summed E-state index contributed by atoms with van der Waals surface area (Å²) in [6.45, 7) is 8.97. The molecule has 1 heterocycles. The van der Waals surface area contributed by atoms with Crippen LogP contribution in [0.3, 0.4) is 0 Å². The third kappa shape index (κ3) is 4.80. The van der Waals surface area contributed by atoms with Gasteiger partial charge in [0.05, 0.1) is 5.75 Å². The Hall–Kier alpha value is -2.08. The lowest BCUT2D eigenvalue weighted by Gasteiger charge is -2.34. The number of carbonyl (C=O) groups is 1. The molecule has 0 unspecified atom stereocenters. The van der Waals surface area contributed by atoms with Crippen LogP contribution in [0.25, 0.3) is 11.4 Å². The quantitative estimate of drug-likeness (QED) is 0.575. The van der Waals surface area contributed by atoms with Crippen molar-refractivity contribution in [3.63, 3.8) is 0 Å². The second-order valence-electron chi connectivity index (χ2n) is 7.30. The minimum absolute atomic E-state index is 0.0698. The molecule has 6 heteroatoms. The lowest BCUT2D eigenvalue weighted by atomic mass is 9.78. The zero-order chi connectivity index (χ0) is 19.2. The summed E-state index contributed by atoms with van der Waals surface area (Å²) in [6.07, 6.45) is 5.35. The number of nitrogens with one attached hydrogen (secondary N) is 1. The fourth-order valence-corrected chi connectivity index (χ4v) is 4.41. The van der Waals surface area contributed by atoms with E-state index in [2.05, 4.69) is 35.9 Å². The van der Waals surface area contributed by atoms with Crippen molar-refractivity contribution in [1.82, 2.24) is 20.1 Å². The van der Waals surface area contributed by atoms with Crippen molar-refractivity contribution >= 4 is 17.7 Å². The third-order valence-electron chi connectivity index (χ3n) is 5.45. The van der Waals surface area contributed by atoms with Crippen LogP contribution in [-0.2, 0) is 11.3 Å². The Labute approximate surface area is 165 Å². The van der Waals surface area contributed by atoms with Gasteiger partial charge < -0.3 is 5.32 Å². The molecule has 1 aromatic carbocycles. The van der Waals surface area contributed by atoms with Gasteiger partial charge >= 0.3 is 0 Å². The van der Waals surface area contributed by atoms with Crippen LogP contribution in [0.15, 0.2) is 48.1 Å². The average Bonchev–Trinajstić information content (AvgIpc) is 3.07. The summed E-state index contributed by atoms with van der Waals surface area (Å²) in [5.74, 6) is 2.41. The molecule has 144 valence electrons. The van der Waals surface area contributed by atoms with Gasteiger partial charge in [0.1, 0.15) is 0 Å². The monoisotopic (exact) mass is 384 g/mol. The number of aromatic nitrogens is 3. The molecule has 1 aliphatic rings. The highest BCUT2D eigenvalue weighted by Crippen LogP contribution is 2.30. The molecule has 1 aliphatic carbocycles. The highest BCUT2D eigenvalue weighted by Gasteiger charge is 2.28. The molecule has 3 atom stereocenters. The Morgan fingerprint density at radius 2 is 2.07 bits per heavy atom. The number of benzene rings is 1. The first-order valence-corrected chi connectivity index (χ1v) is 10.6. The number of amides is 1. The van der Waals surface area contributed by atoms with Gasteiger partial charge in [-0.3, -0.25) is 9.36 Å². The molecule has 1 N–H and O–H groups in total. The Kier molecular flexibility index (Phi) is 6.72. The fraction of sp³-hybridized carbons (Fsp3) is 0.476. The van der Waals surface area contributed by atoms with E-state index in [1.807, 2.05) is 41.0 Å². The first-order valence-electron chi connectivity index (χ1n) is 9.61. The number of rotatable bonds is 7. The van der Waals surface area contributed by atoms with Gasteiger partial charge in [-0.25, -0.2) is 0 Å². The zero-order valence-corrected chi connectivity index (χ0v) is 16.9. The van der Waals surface area contributed by atoms with Crippen LogP contribution < -0.4 is 5.32 Å². The minimum Gasteiger partial charge on any atom is -0.352 e. The summed E-state index contributed by atoms with van der Waals surface area (Å²) in [5, 5.41) is 12.6. The summed E-state index contributed by atoms with van der Waals surface area (Å²) in [4.78, 5) is 12.5. The molecule has 3 rings (SSSR count). The molecule has 0 spiro atoms. The van der Waals surface area contributed by atoms with E-state index in [1.165, 1.54) is 24.6 Å². The van der Waals surface area contributed by atoms with Crippen LogP contribution >= 0.6 is 11.8 Å². The normalized spacial score (nSPS) is 22.4. The largest absolute Gasteiger partial charge is 0.352 e. The summed E-state index contributed by atoms with van der Waals surface area (Å²) < 4.78 is 2.01. The molecule has 5 nitrogen and oxygen atoms in total. The molecule has 0 bridgehead atoms. The van der Waals surface area contributed by atoms with Gasteiger partial charge in [-0.15, -0.1) is 16.8 Å². The maximum Gasteiger partial charge on any atom is 0.230 e. The molecule has 1 amide bonds. The third-order valence-corrected chi connectivity index (χ3v) is 6.41. The lowest BCUT2D eigenvalue weighted by molar-refractivity contribution is -0.120. The summed E-state index contributed by atoms with van der Waals surface area (Å²) in [5.41, 5.74) is 1.01. The Bertz CT molecular complexity index is 774. The number of hydrogen-bond acceptors (Lipinski definition) is 4. The van der Waals surface area contributed by atoms with Crippen LogP contribution in [0.2, 0.25) is 0 Å². The van der Waals surface area contributed by atoms with E-state index in [0.717, 1.165) is 23.0 Å². The van der Waals surface area contributed by atoms with Gasteiger partial charge in [-0.2, -0.15) is 0 Å². The average molecular weight is 385 g/mol. The lowest BCUT2D eigenvalue weighted by Crippen LogP contribution is -2.44. The number of nitrogens with zero attached hydrogens (tertiary/aromatic N) is 3. The second-order valence-corrected chi connectivity index (χ2v) is 8.24. The van der Waals surface area contributed by atoms with E-state index in [-0.39, 0.29) is 11.9 Å². The molecule has 0 aliphatic heterocycles. The number of allylic oxidation sites excluding steroid dienone is 1. The zero-order valence-electron chi connectivity index (χ0n) is 16.1. The summed E-state index contributed by atoms with van der Waals surface area (Å²) in [6, 6.07) is 10.2. The van der Waals surface area contributed by atoms with E-state index >= 15 is 0 Å². The maximum atomic E-state index is 12.5. The van der Waals surface area contributed by atoms with Crippen molar-refractivity contribution in [2.24, 2.45) is 11.8 Å². The predicted molar refractivity (Wildman–Crippen MR) is 110 cm³/mol. The molecular weight excluding hydrogens is 356 g/mol. The van der Waals surface area contributed by atoms with Gasteiger partial charge in [-0.1, -0.05) is 74.9 Å². The Morgan fingerprint density at radius 3 is 2.81 bits per heavy atom. The molecule has 2 aromatic rings. The van der Waals surface area contributed by atoms with Gasteiger partial charge in [0.25, 0.3) is 0 Å². The molecule has 27 heavy (non-hydrogen) atoms. The SMILES string of the molecule is C=CCn1c(SCC(=O)N[C@@H]2CCC[C@H](C)[C@H]2C)nnc1-c1ccccc1. The summed E-state index contributed by atoms with van der Waals surface area (Å²) >= 11 is 1.43. The van der Waals surface area contributed by atoms with Gasteiger partial charge in [0.15, 0.2) is 11.0 Å². The molecule has 1 saturated carbocycles. The first kappa shape index (κ1) is 19.7. The van der Waals surface area contributed by atoms with Crippen LogP contribution in [0, 0.1) is 11.8 Å². The van der Waals surface area contributed by atoms with Crippen molar-refractivity contribution in [3.8, 4) is 11.4 Å². The maximum absolute atomic E-state index is 12.5. The minimum atomic E-state index is 0.0698.